The van der Waals surface area contributed by atoms with Gasteiger partial charge in [-0.2, -0.15) is 0 Å². The highest BCUT2D eigenvalue weighted by Gasteiger charge is 2.25. The molecule has 0 radical (unpaired) electrons. The average Bonchev–Trinajstić information content (AvgIpc) is 2.65. The van der Waals surface area contributed by atoms with Crippen LogP contribution in [0.15, 0.2) is 42.5 Å². The van der Waals surface area contributed by atoms with Crippen molar-refractivity contribution in [3.63, 3.8) is 0 Å². The third-order valence-electron chi connectivity index (χ3n) is 4.18. The third-order valence-corrected chi connectivity index (χ3v) is 5.37. The molecule has 0 bridgehead atoms. The Morgan fingerprint density at radius 3 is 2.07 bits per heavy atom. The maximum absolute atomic E-state index is 13.1. The molecule has 0 N–H and O–H groups in total. The van der Waals surface area contributed by atoms with Gasteiger partial charge in [-0.25, -0.2) is 8.42 Å². The van der Waals surface area contributed by atoms with Gasteiger partial charge in [0.2, 0.25) is 10.0 Å². The smallest absolute Gasteiger partial charge is 0.256 e. The van der Waals surface area contributed by atoms with Crippen molar-refractivity contribution >= 4 is 21.6 Å². The van der Waals surface area contributed by atoms with Crippen LogP contribution in [0, 0.1) is 0 Å². The van der Waals surface area contributed by atoms with E-state index in [0.717, 1.165) is 16.1 Å². The normalized spacial score (nSPS) is 11.0. The van der Waals surface area contributed by atoms with Crippen LogP contribution in [-0.2, 0) is 16.6 Å². The van der Waals surface area contributed by atoms with E-state index < -0.39 is 10.0 Å². The standard InChI is InChI=1S/C19H24N2O5S/c1-20(13-14-9-7-6-8-10-14)19(22)15-11-17(25-3)18(26-4)12-16(15)21(2)27(5,23)24/h6-12H,13H2,1-5H3. The lowest BCUT2D eigenvalue weighted by molar-refractivity contribution is 0.0785. The Morgan fingerprint density at radius 2 is 1.56 bits per heavy atom. The molecule has 2 aromatic rings. The number of methoxy groups -OCH3 is 2. The fraction of sp³-hybridized carbons (Fsp3) is 0.316. The van der Waals surface area contributed by atoms with Crippen LogP contribution in [0.4, 0.5) is 5.69 Å². The highest BCUT2D eigenvalue weighted by atomic mass is 32.2. The first-order chi connectivity index (χ1) is 12.7. The van der Waals surface area contributed by atoms with Crippen molar-refractivity contribution in [2.45, 2.75) is 6.54 Å². The molecule has 0 spiro atoms. The van der Waals surface area contributed by atoms with Gasteiger partial charge in [-0.05, 0) is 11.6 Å². The molecule has 8 heteroatoms. The van der Waals surface area contributed by atoms with Crippen molar-refractivity contribution in [3.05, 3.63) is 53.6 Å². The van der Waals surface area contributed by atoms with Crippen LogP contribution in [0.1, 0.15) is 15.9 Å². The summed E-state index contributed by atoms with van der Waals surface area (Å²) in [6, 6.07) is 12.5. The first-order valence-electron chi connectivity index (χ1n) is 8.18. The van der Waals surface area contributed by atoms with Crippen molar-refractivity contribution in [2.75, 3.05) is 38.9 Å². The van der Waals surface area contributed by atoms with Crippen molar-refractivity contribution in [3.8, 4) is 11.5 Å². The molecule has 146 valence electrons. The van der Waals surface area contributed by atoms with Gasteiger partial charge in [0, 0.05) is 26.7 Å². The SMILES string of the molecule is COc1cc(C(=O)N(C)Cc2ccccc2)c(N(C)S(C)(=O)=O)cc1OC. The molecule has 0 aliphatic carbocycles. The van der Waals surface area contributed by atoms with Crippen molar-refractivity contribution in [1.82, 2.24) is 4.90 Å². The highest BCUT2D eigenvalue weighted by molar-refractivity contribution is 7.92. The molecule has 0 atom stereocenters. The number of amides is 1. The minimum absolute atomic E-state index is 0.207. The third kappa shape index (κ3) is 4.71. The molecule has 0 saturated heterocycles. The molecular formula is C19H24N2O5S. The number of sulfonamides is 1. The monoisotopic (exact) mass is 392 g/mol. The van der Waals surface area contributed by atoms with E-state index in [1.807, 2.05) is 30.3 Å². The van der Waals surface area contributed by atoms with E-state index in [1.165, 1.54) is 38.3 Å². The number of hydrogen-bond acceptors (Lipinski definition) is 5. The average molecular weight is 392 g/mol. The maximum Gasteiger partial charge on any atom is 0.256 e. The van der Waals surface area contributed by atoms with E-state index >= 15 is 0 Å². The van der Waals surface area contributed by atoms with Gasteiger partial charge in [-0.3, -0.25) is 9.10 Å². The summed E-state index contributed by atoms with van der Waals surface area (Å²) in [5.41, 5.74) is 1.39. The molecule has 0 heterocycles. The van der Waals surface area contributed by atoms with Crippen LogP contribution in [-0.4, -0.2) is 53.8 Å². The molecule has 2 aromatic carbocycles. The Morgan fingerprint density at radius 1 is 1.00 bits per heavy atom. The zero-order chi connectivity index (χ0) is 20.2. The zero-order valence-corrected chi connectivity index (χ0v) is 16.9. The molecule has 1 amide bonds. The topological polar surface area (TPSA) is 76.2 Å². The summed E-state index contributed by atoms with van der Waals surface area (Å²) >= 11 is 0. The van der Waals surface area contributed by atoms with Gasteiger partial charge in [0.15, 0.2) is 11.5 Å². The largest absolute Gasteiger partial charge is 0.493 e. The van der Waals surface area contributed by atoms with Crippen molar-refractivity contribution in [1.29, 1.82) is 0 Å². The Bertz CT molecular complexity index is 913. The fourth-order valence-electron chi connectivity index (χ4n) is 2.61. The number of carbonyl (C=O) groups is 1. The van der Waals surface area contributed by atoms with E-state index in [2.05, 4.69) is 0 Å². The Kier molecular flexibility index (Phi) is 6.32. The number of hydrogen-bond donors (Lipinski definition) is 0. The number of anilines is 1. The minimum atomic E-state index is -3.57. The molecule has 0 fully saturated rings. The second kappa shape index (κ2) is 8.30. The van der Waals surface area contributed by atoms with Gasteiger partial charge in [-0.15, -0.1) is 0 Å². The van der Waals surface area contributed by atoms with E-state index in [0.29, 0.717) is 18.0 Å². The first kappa shape index (κ1) is 20.6. The lowest BCUT2D eigenvalue weighted by Gasteiger charge is -2.24. The summed E-state index contributed by atoms with van der Waals surface area (Å²) in [6.07, 6.45) is 1.08. The number of rotatable bonds is 7. The van der Waals surface area contributed by atoms with Crippen LogP contribution in [0.25, 0.3) is 0 Å². The van der Waals surface area contributed by atoms with Crippen molar-refractivity contribution < 1.29 is 22.7 Å². The Balaban J connectivity index is 2.50. The van der Waals surface area contributed by atoms with Crippen molar-refractivity contribution in [2.24, 2.45) is 0 Å². The number of benzene rings is 2. The maximum atomic E-state index is 13.1. The van der Waals surface area contributed by atoms with Gasteiger partial charge in [-0.1, -0.05) is 30.3 Å². The molecule has 2 rings (SSSR count). The second-order valence-corrected chi connectivity index (χ2v) is 8.12. The molecule has 27 heavy (non-hydrogen) atoms. The lowest BCUT2D eigenvalue weighted by atomic mass is 10.1. The van der Waals surface area contributed by atoms with E-state index in [-0.39, 0.29) is 17.2 Å². The van der Waals surface area contributed by atoms with Crippen LogP contribution in [0.2, 0.25) is 0 Å². The Labute approximate surface area is 160 Å². The van der Waals surface area contributed by atoms with E-state index in [9.17, 15) is 13.2 Å². The first-order valence-corrected chi connectivity index (χ1v) is 10.0. The van der Waals surface area contributed by atoms with Gasteiger partial charge < -0.3 is 14.4 Å². The molecule has 0 aliphatic heterocycles. The highest BCUT2D eigenvalue weighted by Crippen LogP contribution is 2.36. The summed E-state index contributed by atoms with van der Waals surface area (Å²) < 4.78 is 35.7. The lowest BCUT2D eigenvalue weighted by Crippen LogP contribution is -2.31. The molecule has 0 unspecified atom stereocenters. The van der Waals surface area contributed by atoms with Crippen LogP contribution < -0.4 is 13.8 Å². The molecule has 7 nitrogen and oxygen atoms in total. The fourth-order valence-corrected chi connectivity index (χ4v) is 3.12. The summed E-state index contributed by atoms with van der Waals surface area (Å²) in [4.78, 5) is 14.6. The Hall–Kier alpha value is -2.74. The quantitative estimate of drug-likeness (QED) is 0.723. The van der Waals surface area contributed by atoms with Gasteiger partial charge in [0.05, 0.1) is 31.7 Å². The second-order valence-electron chi connectivity index (χ2n) is 6.10. The summed E-state index contributed by atoms with van der Waals surface area (Å²) in [7, 11) is 2.39. The molecule has 0 aromatic heterocycles. The number of ether oxygens (including phenoxy) is 2. The van der Waals surface area contributed by atoms with Crippen LogP contribution in [0.5, 0.6) is 11.5 Å². The van der Waals surface area contributed by atoms with E-state index in [4.69, 9.17) is 9.47 Å². The minimum Gasteiger partial charge on any atom is -0.493 e. The number of nitrogens with zero attached hydrogens (tertiary/aromatic N) is 2. The summed E-state index contributed by atoms with van der Waals surface area (Å²) in [5.74, 6) is 0.357. The molecule has 0 aliphatic rings. The predicted molar refractivity (Wildman–Crippen MR) is 105 cm³/mol. The predicted octanol–water partition coefficient (Wildman–Crippen LogP) is 2.37. The summed E-state index contributed by atoms with van der Waals surface area (Å²) in [6.45, 7) is 0.385. The van der Waals surface area contributed by atoms with Gasteiger partial charge in [0.25, 0.3) is 5.91 Å². The van der Waals surface area contributed by atoms with E-state index in [1.54, 1.807) is 7.05 Å². The number of carbonyl (C=O) groups excluding carboxylic acids is 1. The van der Waals surface area contributed by atoms with Crippen LogP contribution in [0.3, 0.4) is 0 Å². The van der Waals surface area contributed by atoms with Gasteiger partial charge in [0.1, 0.15) is 0 Å². The zero-order valence-electron chi connectivity index (χ0n) is 16.1. The summed E-state index contributed by atoms with van der Waals surface area (Å²) in [5, 5.41) is 0. The molecule has 0 saturated carbocycles. The molecular weight excluding hydrogens is 368 g/mol. The van der Waals surface area contributed by atoms with Crippen LogP contribution >= 0.6 is 0 Å². The van der Waals surface area contributed by atoms with Gasteiger partial charge >= 0.3 is 0 Å².